The molecule has 2 N–H and O–H groups in total. The molecular weight excluding hydrogens is 260 g/mol. The van der Waals surface area contributed by atoms with Crippen LogP contribution in [0.2, 0.25) is 0 Å². The predicted octanol–water partition coefficient (Wildman–Crippen LogP) is 0.841. The van der Waals surface area contributed by atoms with Crippen molar-refractivity contribution in [1.82, 2.24) is 20.5 Å². The van der Waals surface area contributed by atoms with E-state index in [1.54, 1.807) is 18.4 Å². The number of carbonyl (C=O) groups excluding carboxylic acids is 1. The van der Waals surface area contributed by atoms with Gasteiger partial charge in [0.1, 0.15) is 6.04 Å². The predicted molar refractivity (Wildman–Crippen MR) is 77.4 cm³/mol. The molecule has 1 amide bonds. The van der Waals surface area contributed by atoms with Crippen molar-refractivity contribution in [1.29, 1.82) is 0 Å². The number of piperazine rings is 1. The number of amides is 1. The zero-order chi connectivity index (χ0) is 14.0. The molecule has 6 heteroatoms. The molecule has 1 aliphatic heterocycles. The zero-order valence-corrected chi connectivity index (χ0v) is 12.8. The topological polar surface area (TPSA) is 57.3 Å². The number of thiazole rings is 1. The number of aromatic nitrogens is 1. The number of nitrogens with zero attached hydrogens (tertiary/aromatic N) is 2. The zero-order valence-electron chi connectivity index (χ0n) is 12.0. The Balaban J connectivity index is 2.22. The minimum atomic E-state index is -0.116. The van der Waals surface area contributed by atoms with Gasteiger partial charge in [-0.25, -0.2) is 4.98 Å². The van der Waals surface area contributed by atoms with Gasteiger partial charge in [0.05, 0.1) is 16.7 Å². The van der Waals surface area contributed by atoms with Crippen LogP contribution in [0.1, 0.15) is 28.5 Å². The number of rotatable bonds is 3. The lowest BCUT2D eigenvalue weighted by molar-refractivity contribution is -0.127. The second-order valence-corrected chi connectivity index (χ2v) is 6.33. The van der Waals surface area contributed by atoms with Gasteiger partial charge in [-0.05, 0) is 20.8 Å². The second kappa shape index (κ2) is 5.98. The van der Waals surface area contributed by atoms with Gasteiger partial charge >= 0.3 is 0 Å². The lowest BCUT2D eigenvalue weighted by Gasteiger charge is -2.38. The van der Waals surface area contributed by atoms with E-state index in [9.17, 15) is 4.79 Å². The Bertz CT molecular complexity index is 459. The molecule has 19 heavy (non-hydrogen) atoms. The number of nitrogens with one attached hydrogen (secondary N) is 2. The smallest absolute Gasteiger partial charge is 0.238 e. The first-order valence-electron chi connectivity index (χ1n) is 6.66. The van der Waals surface area contributed by atoms with E-state index < -0.39 is 0 Å². The van der Waals surface area contributed by atoms with E-state index in [1.807, 2.05) is 6.92 Å². The highest BCUT2D eigenvalue weighted by Crippen LogP contribution is 2.28. The summed E-state index contributed by atoms with van der Waals surface area (Å²) in [4.78, 5) is 20.1. The fourth-order valence-corrected chi connectivity index (χ4v) is 3.59. The van der Waals surface area contributed by atoms with Gasteiger partial charge in [0.15, 0.2) is 0 Å². The third-order valence-electron chi connectivity index (χ3n) is 3.67. The van der Waals surface area contributed by atoms with Gasteiger partial charge in [-0.15, -0.1) is 11.3 Å². The van der Waals surface area contributed by atoms with Crippen LogP contribution in [0.3, 0.4) is 0 Å². The van der Waals surface area contributed by atoms with Crippen LogP contribution in [0.4, 0.5) is 0 Å². The molecule has 2 rings (SSSR count). The van der Waals surface area contributed by atoms with Crippen LogP contribution in [0, 0.1) is 13.8 Å². The Morgan fingerprint density at radius 1 is 1.58 bits per heavy atom. The summed E-state index contributed by atoms with van der Waals surface area (Å²) in [6.07, 6.45) is 0. The quantitative estimate of drug-likeness (QED) is 0.862. The third-order valence-corrected chi connectivity index (χ3v) is 4.57. The Morgan fingerprint density at radius 3 is 2.89 bits per heavy atom. The summed E-state index contributed by atoms with van der Waals surface area (Å²) in [5.41, 5.74) is 1.11. The maximum absolute atomic E-state index is 12.0. The average Bonchev–Trinajstić information content (AvgIpc) is 2.76. The molecule has 0 bridgehead atoms. The van der Waals surface area contributed by atoms with E-state index in [4.69, 9.17) is 0 Å². The van der Waals surface area contributed by atoms with Gasteiger partial charge in [0.25, 0.3) is 0 Å². The molecule has 5 nitrogen and oxygen atoms in total. The van der Waals surface area contributed by atoms with Gasteiger partial charge < -0.3 is 10.6 Å². The Hall–Kier alpha value is -0.980. The summed E-state index contributed by atoms with van der Waals surface area (Å²) < 4.78 is 0. The van der Waals surface area contributed by atoms with E-state index in [-0.39, 0.29) is 18.0 Å². The maximum atomic E-state index is 12.0. The third kappa shape index (κ3) is 2.96. The molecule has 2 atom stereocenters. The molecule has 0 aromatic carbocycles. The molecule has 2 heterocycles. The van der Waals surface area contributed by atoms with Crippen LogP contribution in [-0.2, 0) is 4.79 Å². The molecule has 1 aliphatic rings. The molecule has 0 radical (unpaired) electrons. The maximum Gasteiger partial charge on any atom is 0.238 e. The monoisotopic (exact) mass is 282 g/mol. The molecule has 1 saturated heterocycles. The van der Waals surface area contributed by atoms with E-state index in [0.29, 0.717) is 6.54 Å². The molecule has 106 valence electrons. The standard InChI is InChI=1S/C13H22N4OS/c1-8(12-9(2)19-10(3)16-12)17-6-5-15-7-11(17)13(18)14-4/h8,11,15H,5-7H2,1-4H3,(H,14,18). The Kier molecular flexibility index (Phi) is 4.54. The summed E-state index contributed by atoms with van der Waals surface area (Å²) >= 11 is 1.72. The van der Waals surface area contributed by atoms with E-state index >= 15 is 0 Å². The number of carbonyl (C=O) groups is 1. The number of likely N-dealkylation sites (N-methyl/N-ethyl adjacent to an activating group) is 1. The van der Waals surface area contributed by atoms with Crippen LogP contribution in [0.15, 0.2) is 0 Å². The van der Waals surface area contributed by atoms with E-state index in [1.165, 1.54) is 4.88 Å². The van der Waals surface area contributed by atoms with Crippen molar-refractivity contribution in [2.75, 3.05) is 26.7 Å². The first-order valence-corrected chi connectivity index (χ1v) is 7.48. The van der Waals surface area contributed by atoms with Crippen LogP contribution in [0.5, 0.6) is 0 Å². The molecule has 0 aliphatic carbocycles. The second-order valence-electron chi connectivity index (χ2n) is 4.92. The van der Waals surface area contributed by atoms with Crippen molar-refractivity contribution in [3.05, 3.63) is 15.6 Å². The minimum Gasteiger partial charge on any atom is -0.358 e. The lowest BCUT2D eigenvalue weighted by atomic mass is 10.1. The summed E-state index contributed by atoms with van der Waals surface area (Å²) in [6.45, 7) is 8.76. The number of hydrogen-bond acceptors (Lipinski definition) is 5. The fraction of sp³-hybridized carbons (Fsp3) is 0.692. The molecule has 2 unspecified atom stereocenters. The fourth-order valence-electron chi connectivity index (χ4n) is 2.68. The molecule has 1 aromatic rings. The van der Waals surface area contributed by atoms with Gasteiger partial charge in [0.2, 0.25) is 5.91 Å². The van der Waals surface area contributed by atoms with Gasteiger partial charge in [0, 0.05) is 31.6 Å². The van der Waals surface area contributed by atoms with Crippen molar-refractivity contribution in [3.63, 3.8) is 0 Å². The van der Waals surface area contributed by atoms with Crippen LogP contribution in [0.25, 0.3) is 0 Å². The molecule has 0 saturated carbocycles. The largest absolute Gasteiger partial charge is 0.358 e. The molecule has 0 spiro atoms. The first kappa shape index (κ1) is 14.4. The SMILES string of the molecule is CNC(=O)C1CNCCN1C(C)c1nc(C)sc1C. The van der Waals surface area contributed by atoms with Crippen LogP contribution >= 0.6 is 11.3 Å². The number of hydrogen-bond donors (Lipinski definition) is 2. The summed E-state index contributed by atoms with van der Waals surface area (Å²) in [7, 11) is 1.69. The van der Waals surface area contributed by atoms with E-state index in [0.717, 1.165) is 23.8 Å². The van der Waals surface area contributed by atoms with Gasteiger partial charge in [-0.2, -0.15) is 0 Å². The molecule has 1 fully saturated rings. The lowest BCUT2D eigenvalue weighted by Crippen LogP contribution is -2.57. The highest BCUT2D eigenvalue weighted by Gasteiger charge is 2.33. The minimum absolute atomic E-state index is 0.0728. The number of aryl methyl sites for hydroxylation is 2. The van der Waals surface area contributed by atoms with Crippen LogP contribution in [-0.4, -0.2) is 48.5 Å². The van der Waals surface area contributed by atoms with Crippen molar-refractivity contribution >= 4 is 17.2 Å². The summed E-state index contributed by atoms with van der Waals surface area (Å²) in [5.74, 6) is 0.0728. The first-order chi connectivity index (χ1) is 9.04. The summed E-state index contributed by atoms with van der Waals surface area (Å²) in [6, 6.07) is 0.0597. The van der Waals surface area contributed by atoms with Gasteiger partial charge in [-0.3, -0.25) is 9.69 Å². The summed E-state index contributed by atoms with van der Waals surface area (Å²) in [5, 5.41) is 7.13. The Labute approximate surface area is 118 Å². The van der Waals surface area contributed by atoms with Crippen LogP contribution < -0.4 is 10.6 Å². The van der Waals surface area contributed by atoms with Gasteiger partial charge in [-0.1, -0.05) is 0 Å². The van der Waals surface area contributed by atoms with Crippen molar-refractivity contribution in [2.45, 2.75) is 32.9 Å². The Morgan fingerprint density at radius 2 is 2.32 bits per heavy atom. The van der Waals surface area contributed by atoms with Crippen molar-refractivity contribution in [2.24, 2.45) is 0 Å². The van der Waals surface area contributed by atoms with E-state index in [2.05, 4.69) is 34.4 Å². The normalized spacial score (nSPS) is 22.2. The van der Waals surface area contributed by atoms with Crippen molar-refractivity contribution in [3.8, 4) is 0 Å². The average molecular weight is 282 g/mol. The van der Waals surface area contributed by atoms with Crippen molar-refractivity contribution < 1.29 is 4.79 Å². The molecular formula is C13H22N4OS. The highest BCUT2D eigenvalue weighted by atomic mass is 32.1. The molecule has 1 aromatic heterocycles. The highest BCUT2D eigenvalue weighted by molar-refractivity contribution is 7.11.